The summed E-state index contributed by atoms with van der Waals surface area (Å²) in [7, 11) is 1.64. The second-order valence-electron chi connectivity index (χ2n) is 10.5. The number of carbonyl (C=O) groups is 2. The van der Waals surface area contributed by atoms with Gasteiger partial charge in [0.15, 0.2) is 5.65 Å². The smallest absolute Gasteiger partial charge is 0.320 e. The Morgan fingerprint density at radius 2 is 1.74 bits per heavy atom. The number of benzene rings is 1. The number of methoxy groups -OCH3 is 1. The van der Waals surface area contributed by atoms with Gasteiger partial charge in [-0.25, -0.2) is 0 Å². The van der Waals surface area contributed by atoms with Gasteiger partial charge in [0.1, 0.15) is 23.3 Å². The van der Waals surface area contributed by atoms with E-state index in [2.05, 4.69) is 38.8 Å². The van der Waals surface area contributed by atoms with Crippen LogP contribution in [0.4, 0.5) is 5.82 Å². The molecule has 1 saturated heterocycles. The van der Waals surface area contributed by atoms with Crippen LogP contribution in [-0.4, -0.2) is 94.0 Å². The van der Waals surface area contributed by atoms with E-state index in [4.69, 9.17) is 15.2 Å². The number of ether oxygens (including phenoxy) is 2. The number of nitrogens with two attached hydrogens (primary N) is 1. The largest absolute Gasteiger partial charge is 0.496 e. The average molecular weight is 573 g/mol. The molecule has 0 bridgehead atoms. The molecule has 0 unspecified atom stereocenters. The molecular formula is C30H36N8O4. The van der Waals surface area contributed by atoms with E-state index in [9.17, 15) is 14.9 Å². The molecule has 12 heteroatoms. The number of rotatable bonds is 12. The summed E-state index contributed by atoms with van der Waals surface area (Å²) in [6, 6.07) is 10.3. The number of amides is 2. The van der Waals surface area contributed by atoms with Crippen molar-refractivity contribution in [3.8, 4) is 17.8 Å². The molecule has 2 aliphatic heterocycles. The molecule has 3 aromatic rings. The lowest BCUT2D eigenvalue weighted by atomic mass is 10.1. The van der Waals surface area contributed by atoms with E-state index in [-0.39, 0.29) is 23.6 Å². The first-order chi connectivity index (χ1) is 20.4. The summed E-state index contributed by atoms with van der Waals surface area (Å²) in [6.45, 7) is 8.32. The van der Waals surface area contributed by atoms with Crippen molar-refractivity contribution < 1.29 is 19.1 Å². The Labute approximate surface area is 244 Å². The van der Waals surface area contributed by atoms with Crippen molar-refractivity contribution in [2.75, 3.05) is 58.7 Å². The summed E-state index contributed by atoms with van der Waals surface area (Å²) >= 11 is 0. The fourth-order valence-electron chi connectivity index (χ4n) is 5.26. The predicted octanol–water partition coefficient (Wildman–Crippen LogP) is 2.16. The van der Waals surface area contributed by atoms with Crippen LogP contribution >= 0.6 is 0 Å². The summed E-state index contributed by atoms with van der Waals surface area (Å²) in [5.74, 6) is 0.540. The molecule has 2 N–H and O–H groups in total. The molecule has 2 amide bonds. The van der Waals surface area contributed by atoms with Gasteiger partial charge in [0, 0.05) is 63.5 Å². The molecule has 0 atom stereocenters. The van der Waals surface area contributed by atoms with E-state index in [0.29, 0.717) is 43.0 Å². The van der Waals surface area contributed by atoms with Crippen LogP contribution in [0, 0.1) is 11.3 Å². The minimum Gasteiger partial charge on any atom is -0.496 e. The zero-order valence-electron chi connectivity index (χ0n) is 24.1. The highest BCUT2D eigenvalue weighted by molar-refractivity contribution is 6.12. The molecule has 12 nitrogen and oxygen atoms in total. The van der Waals surface area contributed by atoms with Crippen LogP contribution in [0.25, 0.3) is 11.0 Å². The molecule has 42 heavy (non-hydrogen) atoms. The monoisotopic (exact) mass is 572 g/mol. The molecule has 220 valence electrons. The maximum absolute atomic E-state index is 11.8. The Morgan fingerprint density at radius 3 is 2.43 bits per heavy atom. The van der Waals surface area contributed by atoms with Gasteiger partial charge in [0.2, 0.25) is 0 Å². The topological polar surface area (TPSA) is 143 Å². The van der Waals surface area contributed by atoms with Gasteiger partial charge < -0.3 is 19.8 Å². The highest BCUT2D eigenvalue weighted by atomic mass is 16.5. The van der Waals surface area contributed by atoms with Crippen LogP contribution in [0.15, 0.2) is 36.4 Å². The number of carbonyl (C=O) groups excluding carboxylic acids is 2. The zero-order valence-corrected chi connectivity index (χ0v) is 24.1. The van der Waals surface area contributed by atoms with Crippen LogP contribution in [0.1, 0.15) is 36.6 Å². The summed E-state index contributed by atoms with van der Waals surface area (Å²) in [5, 5.41) is 10.5. The third-order valence-corrected chi connectivity index (χ3v) is 7.70. The lowest BCUT2D eigenvalue weighted by Gasteiger charge is -2.35. The van der Waals surface area contributed by atoms with E-state index < -0.39 is 0 Å². The lowest BCUT2D eigenvalue weighted by Crippen LogP contribution is -2.48. The van der Waals surface area contributed by atoms with Gasteiger partial charge in [-0.15, -0.1) is 0 Å². The molecule has 2 aliphatic rings. The van der Waals surface area contributed by atoms with Crippen molar-refractivity contribution in [3.05, 3.63) is 53.2 Å². The molecule has 0 radical (unpaired) electrons. The van der Waals surface area contributed by atoms with E-state index in [1.807, 2.05) is 16.7 Å². The number of nitrogens with zero attached hydrogens (tertiary/aromatic N) is 7. The van der Waals surface area contributed by atoms with Gasteiger partial charge in [0.25, 0.3) is 11.8 Å². The van der Waals surface area contributed by atoms with E-state index in [1.54, 1.807) is 13.2 Å². The zero-order chi connectivity index (χ0) is 29.6. The number of nitriles is 1. The Hall–Kier alpha value is -4.47. The maximum Gasteiger partial charge on any atom is 0.320 e. The number of imide groups is 1. The number of hydrogen-bond acceptors (Lipinski definition) is 10. The summed E-state index contributed by atoms with van der Waals surface area (Å²) in [6.07, 6.45) is 4.52. The lowest BCUT2D eigenvalue weighted by molar-refractivity contribution is -0.137. The Balaban J connectivity index is 1.24. The second-order valence-corrected chi connectivity index (χ2v) is 10.5. The summed E-state index contributed by atoms with van der Waals surface area (Å²) in [5.41, 5.74) is 9.21. The minimum absolute atomic E-state index is 0.203. The van der Waals surface area contributed by atoms with Gasteiger partial charge >= 0.3 is 6.01 Å². The fourth-order valence-corrected chi connectivity index (χ4v) is 5.26. The van der Waals surface area contributed by atoms with E-state index in [0.717, 1.165) is 62.4 Å². The van der Waals surface area contributed by atoms with Crippen LogP contribution in [0.3, 0.4) is 0 Å². The van der Waals surface area contributed by atoms with Gasteiger partial charge in [-0.2, -0.15) is 15.2 Å². The van der Waals surface area contributed by atoms with Crippen molar-refractivity contribution in [1.82, 2.24) is 29.2 Å². The number of nitrogen functional groups attached to an aromatic ring is 1. The molecule has 0 saturated carbocycles. The first-order valence-electron chi connectivity index (χ1n) is 14.2. The Morgan fingerprint density at radius 1 is 1.00 bits per heavy atom. The predicted molar refractivity (Wildman–Crippen MR) is 157 cm³/mol. The molecule has 1 fully saturated rings. The molecular weight excluding hydrogens is 536 g/mol. The normalized spacial score (nSPS) is 16.0. The standard InChI is InChI=1S/C30H36N8O4/c1-3-4-15-42-30-33-28(32)24-17-23(18-31)38(29(24)34-30)20-22-6-5-21(16-25(22)41-2)19-36-11-9-35(10-12-36)13-14-37-26(39)7-8-27(37)40/h5-8,16-17H,3-4,9-15,19-20H2,1-2H3,(H2,32,33,34). The van der Waals surface area contributed by atoms with Crippen molar-refractivity contribution in [1.29, 1.82) is 5.26 Å². The SMILES string of the molecule is CCCCOc1nc(N)c2cc(C#N)n(Cc3ccc(CN4CCN(CCN5C(=O)C=CC5=O)CC4)cc3OC)c2n1. The number of fused-ring (bicyclic) bond motifs is 1. The number of unbranched alkanes of at least 4 members (excludes halogenated alkanes) is 1. The van der Waals surface area contributed by atoms with Crippen molar-refractivity contribution in [3.63, 3.8) is 0 Å². The maximum atomic E-state index is 11.8. The van der Waals surface area contributed by atoms with Gasteiger partial charge in [-0.05, 0) is 24.1 Å². The van der Waals surface area contributed by atoms with Crippen LogP contribution < -0.4 is 15.2 Å². The third kappa shape index (κ3) is 6.37. The quantitative estimate of drug-likeness (QED) is 0.253. The molecule has 5 rings (SSSR count). The Bertz CT molecular complexity index is 1520. The van der Waals surface area contributed by atoms with Crippen molar-refractivity contribution in [2.45, 2.75) is 32.9 Å². The number of aromatic nitrogens is 3. The summed E-state index contributed by atoms with van der Waals surface area (Å²) < 4.78 is 13.3. The van der Waals surface area contributed by atoms with Crippen LogP contribution in [0.5, 0.6) is 11.8 Å². The highest BCUT2D eigenvalue weighted by Crippen LogP contribution is 2.29. The van der Waals surface area contributed by atoms with Crippen LogP contribution in [0.2, 0.25) is 0 Å². The molecule has 0 spiro atoms. The number of hydrogen-bond donors (Lipinski definition) is 1. The van der Waals surface area contributed by atoms with Gasteiger partial charge in [0.05, 0.1) is 25.6 Å². The molecule has 1 aromatic carbocycles. The summed E-state index contributed by atoms with van der Waals surface area (Å²) in [4.78, 5) is 38.4. The first-order valence-corrected chi connectivity index (χ1v) is 14.2. The Kier molecular flexibility index (Phi) is 9.00. The molecule has 2 aromatic heterocycles. The highest BCUT2D eigenvalue weighted by Gasteiger charge is 2.25. The van der Waals surface area contributed by atoms with Gasteiger partial charge in [-0.1, -0.05) is 25.5 Å². The van der Waals surface area contributed by atoms with E-state index in [1.165, 1.54) is 17.1 Å². The third-order valence-electron chi connectivity index (χ3n) is 7.70. The second kappa shape index (κ2) is 13.0. The average Bonchev–Trinajstić information content (AvgIpc) is 3.51. The fraction of sp³-hybridized carbons (Fsp3) is 0.433. The minimum atomic E-state index is -0.233. The molecule has 0 aliphatic carbocycles. The number of anilines is 1. The van der Waals surface area contributed by atoms with Crippen molar-refractivity contribution >= 4 is 28.7 Å². The number of piperazine rings is 1. The van der Waals surface area contributed by atoms with Crippen molar-refractivity contribution in [2.24, 2.45) is 0 Å². The van der Waals surface area contributed by atoms with Gasteiger partial charge in [-0.3, -0.25) is 24.3 Å². The molecule has 4 heterocycles. The van der Waals surface area contributed by atoms with Crippen LogP contribution in [-0.2, 0) is 22.7 Å². The first kappa shape index (κ1) is 29.0. The van der Waals surface area contributed by atoms with E-state index >= 15 is 0 Å².